The highest BCUT2D eigenvalue weighted by Crippen LogP contribution is 2.19. The van der Waals surface area contributed by atoms with Crippen LogP contribution < -0.4 is 5.32 Å². The fourth-order valence-corrected chi connectivity index (χ4v) is 1.85. The van der Waals surface area contributed by atoms with Gasteiger partial charge in [0.2, 0.25) is 0 Å². The number of rotatable bonds is 4. The van der Waals surface area contributed by atoms with Gasteiger partial charge < -0.3 is 20.1 Å². The largest absolute Gasteiger partial charge is 0.481 e. The van der Waals surface area contributed by atoms with Crippen LogP contribution in [0.2, 0.25) is 0 Å². The number of likely N-dealkylation sites (N-methyl/N-ethyl adjacent to an activating group) is 1. The summed E-state index contributed by atoms with van der Waals surface area (Å²) in [6.45, 7) is 2.17. The van der Waals surface area contributed by atoms with Crippen LogP contribution in [0.5, 0.6) is 0 Å². The normalized spacial score (nSPS) is 24.1. The van der Waals surface area contributed by atoms with Crippen molar-refractivity contribution in [3.8, 4) is 12.3 Å². The average molecular weight is 254 g/mol. The fourth-order valence-electron chi connectivity index (χ4n) is 1.85. The number of ether oxygens (including phenoxy) is 1. The van der Waals surface area contributed by atoms with E-state index in [1.54, 1.807) is 14.0 Å². The van der Waals surface area contributed by atoms with Crippen LogP contribution >= 0.6 is 0 Å². The maximum absolute atomic E-state index is 11.9. The molecule has 6 nitrogen and oxygen atoms in total. The first kappa shape index (κ1) is 14.3. The summed E-state index contributed by atoms with van der Waals surface area (Å²) in [4.78, 5) is 24.3. The van der Waals surface area contributed by atoms with Gasteiger partial charge in [0.05, 0.1) is 19.3 Å². The van der Waals surface area contributed by atoms with Crippen molar-refractivity contribution in [3.63, 3.8) is 0 Å². The number of carbonyl (C=O) groups excluding carboxylic acids is 1. The van der Waals surface area contributed by atoms with Crippen molar-refractivity contribution in [1.82, 2.24) is 10.2 Å². The van der Waals surface area contributed by atoms with Crippen molar-refractivity contribution < 1.29 is 19.4 Å². The van der Waals surface area contributed by atoms with Crippen LogP contribution in [0.15, 0.2) is 0 Å². The Labute approximate surface area is 106 Å². The molecule has 18 heavy (non-hydrogen) atoms. The first-order chi connectivity index (χ1) is 8.47. The van der Waals surface area contributed by atoms with Crippen LogP contribution in [-0.2, 0) is 9.53 Å². The van der Waals surface area contributed by atoms with Gasteiger partial charge in [-0.25, -0.2) is 4.79 Å². The van der Waals surface area contributed by atoms with E-state index in [-0.39, 0.29) is 25.3 Å². The van der Waals surface area contributed by atoms with E-state index in [1.165, 1.54) is 4.90 Å². The van der Waals surface area contributed by atoms with Crippen LogP contribution in [0.4, 0.5) is 4.79 Å². The predicted octanol–water partition coefficient (Wildman–Crippen LogP) is 0.139. The fraction of sp³-hybridized carbons (Fsp3) is 0.667. The maximum atomic E-state index is 11.9. The number of aliphatic carboxylic acids is 1. The van der Waals surface area contributed by atoms with Crippen molar-refractivity contribution in [3.05, 3.63) is 0 Å². The van der Waals surface area contributed by atoms with Gasteiger partial charge in [0, 0.05) is 19.5 Å². The third-order valence-electron chi connectivity index (χ3n) is 2.98. The Morgan fingerprint density at radius 2 is 2.28 bits per heavy atom. The molecule has 1 aliphatic rings. The van der Waals surface area contributed by atoms with E-state index in [1.807, 2.05) is 0 Å². The number of terminal acetylenes is 1. The highest BCUT2D eigenvalue weighted by molar-refractivity contribution is 5.77. The molecule has 1 rings (SSSR count). The van der Waals surface area contributed by atoms with Gasteiger partial charge in [-0.2, -0.15) is 0 Å². The van der Waals surface area contributed by atoms with E-state index < -0.39 is 17.9 Å². The van der Waals surface area contributed by atoms with Gasteiger partial charge in [-0.15, -0.1) is 12.3 Å². The van der Waals surface area contributed by atoms with Crippen LogP contribution in [0.25, 0.3) is 0 Å². The summed E-state index contributed by atoms with van der Waals surface area (Å²) >= 11 is 0. The van der Waals surface area contributed by atoms with Crippen molar-refractivity contribution in [2.45, 2.75) is 25.4 Å². The average Bonchev–Trinajstić information content (AvgIpc) is 2.76. The molecular weight excluding hydrogens is 236 g/mol. The molecule has 2 amide bonds. The zero-order valence-electron chi connectivity index (χ0n) is 10.5. The third-order valence-corrected chi connectivity index (χ3v) is 2.98. The van der Waals surface area contributed by atoms with Gasteiger partial charge >= 0.3 is 12.0 Å². The quantitative estimate of drug-likeness (QED) is 0.699. The minimum atomic E-state index is -0.950. The summed E-state index contributed by atoms with van der Waals surface area (Å²) in [6, 6.07) is -0.921. The topological polar surface area (TPSA) is 78.9 Å². The molecule has 6 heteroatoms. The maximum Gasteiger partial charge on any atom is 0.317 e. The van der Waals surface area contributed by atoms with E-state index in [9.17, 15) is 9.59 Å². The lowest BCUT2D eigenvalue weighted by Gasteiger charge is -2.27. The van der Waals surface area contributed by atoms with Crippen molar-refractivity contribution in [2.75, 3.05) is 20.3 Å². The molecule has 0 saturated carbocycles. The summed E-state index contributed by atoms with van der Waals surface area (Å²) in [5.41, 5.74) is 0. The Morgan fingerprint density at radius 1 is 1.61 bits per heavy atom. The second-order valence-corrected chi connectivity index (χ2v) is 4.42. The Balaban J connectivity index is 2.58. The molecular formula is C12H18N2O4. The van der Waals surface area contributed by atoms with Crippen molar-refractivity contribution in [1.29, 1.82) is 0 Å². The molecule has 3 atom stereocenters. The number of nitrogens with zero attached hydrogens (tertiary/aromatic N) is 1. The standard InChI is InChI=1S/C12H18N2O4/c1-4-5-8(2)13-12(17)14(3)10-7-18-6-9(10)11(15)16/h1,8-10H,5-7H2,2-3H3,(H,13,17)(H,15,16). The Hall–Kier alpha value is -1.74. The summed E-state index contributed by atoms with van der Waals surface area (Å²) in [5.74, 6) is 0.829. The van der Waals surface area contributed by atoms with E-state index in [2.05, 4.69) is 11.2 Å². The smallest absolute Gasteiger partial charge is 0.317 e. The molecule has 1 fully saturated rings. The molecule has 0 spiro atoms. The highest BCUT2D eigenvalue weighted by Gasteiger charge is 2.38. The first-order valence-corrected chi connectivity index (χ1v) is 5.74. The van der Waals surface area contributed by atoms with Crippen molar-refractivity contribution in [2.24, 2.45) is 5.92 Å². The molecule has 100 valence electrons. The number of hydrogen-bond acceptors (Lipinski definition) is 3. The third kappa shape index (κ3) is 3.37. The van der Waals surface area contributed by atoms with E-state index >= 15 is 0 Å². The SMILES string of the molecule is C#CCC(C)NC(=O)N(C)C1COCC1C(=O)O. The van der Waals surface area contributed by atoms with E-state index in [4.69, 9.17) is 16.3 Å². The molecule has 0 radical (unpaired) electrons. The molecule has 0 aromatic carbocycles. The second-order valence-electron chi connectivity index (χ2n) is 4.42. The van der Waals surface area contributed by atoms with Crippen LogP contribution in [0.3, 0.4) is 0 Å². The number of urea groups is 1. The molecule has 0 aromatic rings. The number of carbonyl (C=O) groups is 2. The van der Waals surface area contributed by atoms with Gasteiger partial charge in [-0.3, -0.25) is 4.79 Å². The first-order valence-electron chi connectivity index (χ1n) is 5.74. The Morgan fingerprint density at radius 3 is 2.83 bits per heavy atom. The summed E-state index contributed by atoms with van der Waals surface area (Å²) in [7, 11) is 1.56. The van der Waals surface area contributed by atoms with Gasteiger partial charge in [0.1, 0.15) is 5.92 Å². The minimum Gasteiger partial charge on any atom is -0.481 e. The summed E-state index contributed by atoms with van der Waals surface area (Å²) in [6.07, 6.45) is 5.59. The van der Waals surface area contributed by atoms with E-state index in [0.717, 1.165) is 0 Å². The molecule has 1 aliphatic heterocycles. The number of hydrogen-bond donors (Lipinski definition) is 2. The van der Waals surface area contributed by atoms with Gasteiger partial charge in [0.15, 0.2) is 0 Å². The lowest BCUT2D eigenvalue weighted by atomic mass is 10.0. The van der Waals surface area contributed by atoms with Crippen LogP contribution in [0, 0.1) is 18.3 Å². The van der Waals surface area contributed by atoms with Gasteiger partial charge in [-0.05, 0) is 6.92 Å². The molecule has 2 N–H and O–H groups in total. The molecule has 0 bridgehead atoms. The molecule has 0 aromatic heterocycles. The van der Waals surface area contributed by atoms with E-state index in [0.29, 0.717) is 6.42 Å². The molecule has 0 aliphatic carbocycles. The molecule has 3 unspecified atom stereocenters. The number of nitrogens with one attached hydrogen (secondary N) is 1. The van der Waals surface area contributed by atoms with Crippen molar-refractivity contribution >= 4 is 12.0 Å². The molecule has 1 saturated heterocycles. The summed E-state index contributed by atoms with van der Waals surface area (Å²) < 4.78 is 5.12. The monoisotopic (exact) mass is 254 g/mol. The Kier molecular flexibility index (Phi) is 4.98. The molecule has 1 heterocycles. The zero-order valence-corrected chi connectivity index (χ0v) is 10.5. The van der Waals surface area contributed by atoms with Crippen LogP contribution in [-0.4, -0.2) is 54.4 Å². The zero-order chi connectivity index (χ0) is 13.7. The minimum absolute atomic E-state index is 0.136. The highest BCUT2D eigenvalue weighted by atomic mass is 16.5. The number of carboxylic acid groups (broad SMARTS) is 1. The van der Waals surface area contributed by atoms with Gasteiger partial charge in [0.25, 0.3) is 0 Å². The second kappa shape index (κ2) is 6.26. The predicted molar refractivity (Wildman–Crippen MR) is 64.9 cm³/mol. The van der Waals surface area contributed by atoms with Crippen LogP contribution in [0.1, 0.15) is 13.3 Å². The number of amides is 2. The summed E-state index contributed by atoms with van der Waals surface area (Å²) in [5, 5.41) is 11.7. The lowest BCUT2D eigenvalue weighted by Crippen LogP contribution is -2.50. The van der Waals surface area contributed by atoms with Gasteiger partial charge in [-0.1, -0.05) is 0 Å². The Bertz CT molecular complexity index is 364. The lowest BCUT2D eigenvalue weighted by molar-refractivity contribution is -0.142. The number of carboxylic acids is 1.